The first-order valence-electron chi connectivity index (χ1n) is 9.90. The van der Waals surface area contributed by atoms with E-state index in [0.29, 0.717) is 22.6 Å². The predicted octanol–water partition coefficient (Wildman–Crippen LogP) is 4.36. The number of thiazole rings is 1. The lowest BCUT2D eigenvalue weighted by atomic mass is 9.87. The molecule has 160 valence electrons. The summed E-state index contributed by atoms with van der Waals surface area (Å²) in [5.41, 5.74) is 0.539. The van der Waals surface area contributed by atoms with Crippen LogP contribution in [0.1, 0.15) is 44.4 Å². The van der Waals surface area contributed by atoms with Crippen molar-refractivity contribution in [2.24, 2.45) is 5.92 Å². The van der Waals surface area contributed by atoms with Crippen LogP contribution >= 0.6 is 22.9 Å². The van der Waals surface area contributed by atoms with E-state index in [2.05, 4.69) is 17.2 Å². The number of hydrogen-bond donors (Lipinski definition) is 2. The van der Waals surface area contributed by atoms with Gasteiger partial charge in [-0.1, -0.05) is 30.7 Å². The maximum Gasteiger partial charge on any atom is 0.245 e. The molecule has 2 N–H and O–H groups in total. The fourth-order valence-electron chi connectivity index (χ4n) is 3.75. The van der Waals surface area contributed by atoms with Crippen LogP contribution in [-0.4, -0.2) is 41.5 Å². The van der Waals surface area contributed by atoms with E-state index in [-0.39, 0.29) is 17.5 Å². The molecule has 0 aliphatic heterocycles. The molecule has 0 amide bonds. The zero-order valence-corrected chi connectivity index (χ0v) is 19.1. The highest BCUT2D eigenvalue weighted by Crippen LogP contribution is 2.33. The molecule has 3 rings (SSSR count). The molecule has 0 saturated heterocycles. The lowest BCUT2D eigenvalue weighted by Crippen LogP contribution is -2.45. The van der Waals surface area contributed by atoms with E-state index in [1.54, 1.807) is 31.3 Å². The van der Waals surface area contributed by atoms with Gasteiger partial charge in [-0.2, -0.15) is 4.31 Å². The first-order valence-corrected chi connectivity index (χ1v) is 12.5. The first kappa shape index (κ1) is 22.5. The second kappa shape index (κ2) is 9.75. The molecule has 1 aromatic heterocycles. The molecule has 0 radical (unpaired) electrons. The van der Waals surface area contributed by atoms with Crippen LogP contribution in [0.25, 0.3) is 0 Å². The molecule has 1 aliphatic rings. The number of anilines is 1. The summed E-state index contributed by atoms with van der Waals surface area (Å²) in [5, 5.41) is 13.2. The summed E-state index contributed by atoms with van der Waals surface area (Å²) in [5.74, 6) is 0.613. The molecule has 1 saturated carbocycles. The van der Waals surface area contributed by atoms with Crippen molar-refractivity contribution >= 4 is 38.6 Å². The Bertz CT molecular complexity index is 909. The third kappa shape index (κ3) is 5.70. The number of hydrogen-bond acceptors (Lipinski definition) is 6. The van der Waals surface area contributed by atoms with Crippen LogP contribution in [0.2, 0.25) is 4.47 Å². The van der Waals surface area contributed by atoms with Crippen molar-refractivity contribution in [3.8, 4) is 0 Å². The Morgan fingerprint density at radius 1 is 1.31 bits per heavy atom. The van der Waals surface area contributed by atoms with Gasteiger partial charge in [0.25, 0.3) is 0 Å². The normalized spacial score (nSPS) is 21.3. The number of para-hydroxylation sites is 1. The number of sulfonamides is 1. The van der Waals surface area contributed by atoms with Crippen LogP contribution in [-0.2, 0) is 16.6 Å². The highest BCUT2D eigenvalue weighted by Gasteiger charge is 2.35. The van der Waals surface area contributed by atoms with Gasteiger partial charge in [-0.3, -0.25) is 0 Å². The average molecular weight is 458 g/mol. The van der Waals surface area contributed by atoms with Gasteiger partial charge < -0.3 is 10.4 Å². The maximum atomic E-state index is 13.6. The van der Waals surface area contributed by atoms with Crippen molar-refractivity contribution in [2.75, 3.05) is 11.9 Å². The molecule has 2 aromatic rings. The molecule has 1 heterocycles. The Morgan fingerprint density at radius 2 is 2.00 bits per heavy atom. The summed E-state index contributed by atoms with van der Waals surface area (Å²) in [6.07, 6.45) is 4.60. The van der Waals surface area contributed by atoms with Gasteiger partial charge in [-0.05, 0) is 50.7 Å². The highest BCUT2D eigenvalue weighted by atomic mass is 35.5. The smallest absolute Gasteiger partial charge is 0.245 e. The van der Waals surface area contributed by atoms with Gasteiger partial charge in [0, 0.05) is 23.7 Å². The number of halogens is 1. The fourth-order valence-corrected chi connectivity index (χ4v) is 6.60. The SMILES string of the molecule is CC(O)CN(C1CCC(C)CC1)S(=O)(=O)c1ccccc1NCc1cnc(Cl)s1. The summed E-state index contributed by atoms with van der Waals surface area (Å²) in [4.78, 5) is 5.17. The van der Waals surface area contributed by atoms with Gasteiger partial charge in [-0.15, -0.1) is 11.3 Å². The van der Waals surface area contributed by atoms with Crippen LogP contribution in [0.3, 0.4) is 0 Å². The number of nitrogens with one attached hydrogen (secondary N) is 1. The van der Waals surface area contributed by atoms with Crippen molar-refractivity contribution in [2.45, 2.75) is 63.1 Å². The van der Waals surface area contributed by atoms with Crippen LogP contribution in [0, 0.1) is 5.92 Å². The van der Waals surface area contributed by atoms with E-state index >= 15 is 0 Å². The standard InChI is InChI=1S/C20H28ClN3O3S2/c1-14-7-9-16(10-8-14)24(13-15(2)25)29(26,27)19-6-4-3-5-18(19)22-11-17-12-23-20(21)28-17/h3-6,12,14-16,22,25H,7-11,13H2,1-2H3. The molecule has 0 bridgehead atoms. The van der Waals surface area contributed by atoms with Gasteiger partial charge in [0.15, 0.2) is 4.47 Å². The Morgan fingerprint density at radius 3 is 2.62 bits per heavy atom. The van der Waals surface area contributed by atoms with Crippen LogP contribution in [0.5, 0.6) is 0 Å². The average Bonchev–Trinajstić information content (AvgIpc) is 3.10. The minimum absolute atomic E-state index is 0.0841. The topological polar surface area (TPSA) is 82.5 Å². The van der Waals surface area contributed by atoms with E-state index < -0.39 is 16.1 Å². The van der Waals surface area contributed by atoms with Gasteiger partial charge in [0.1, 0.15) is 4.90 Å². The minimum Gasteiger partial charge on any atom is -0.392 e. The van der Waals surface area contributed by atoms with Gasteiger partial charge >= 0.3 is 0 Å². The largest absolute Gasteiger partial charge is 0.392 e. The molecule has 1 atom stereocenters. The van der Waals surface area contributed by atoms with E-state index in [0.717, 1.165) is 30.6 Å². The second-order valence-electron chi connectivity index (χ2n) is 7.77. The molecular weight excluding hydrogens is 430 g/mol. The number of aliphatic hydroxyl groups excluding tert-OH is 1. The minimum atomic E-state index is -3.77. The third-order valence-electron chi connectivity index (χ3n) is 5.29. The first-order chi connectivity index (χ1) is 13.8. The summed E-state index contributed by atoms with van der Waals surface area (Å²) in [7, 11) is -3.77. The van der Waals surface area contributed by atoms with E-state index in [4.69, 9.17) is 11.6 Å². The predicted molar refractivity (Wildman–Crippen MR) is 118 cm³/mol. The van der Waals surface area contributed by atoms with Gasteiger partial charge in [0.05, 0.1) is 18.3 Å². The van der Waals surface area contributed by atoms with Crippen molar-refractivity contribution in [3.63, 3.8) is 0 Å². The zero-order chi connectivity index (χ0) is 21.0. The number of nitrogens with zero attached hydrogens (tertiary/aromatic N) is 2. The Kier molecular flexibility index (Phi) is 7.56. The molecule has 6 nitrogen and oxygen atoms in total. The summed E-state index contributed by atoms with van der Waals surface area (Å²) in [6.45, 7) is 4.37. The summed E-state index contributed by atoms with van der Waals surface area (Å²) >= 11 is 7.24. The number of rotatable bonds is 8. The molecular formula is C20H28ClN3O3S2. The van der Waals surface area contributed by atoms with Crippen LogP contribution in [0.4, 0.5) is 5.69 Å². The Balaban J connectivity index is 1.87. The van der Waals surface area contributed by atoms with Crippen molar-refractivity contribution < 1.29 is 13.5 Å². The molecule has 1 fully saturated rings. The van der Waals surface area contributed by atoms with Crippen LogP contribution in [0.15, 0.2) is 35.4 Å². The summed E-state index contributed by atoms with van der Waals surface area (Å²) < 4.78 is 29.2. The number of aliphatic hydroxyl groups is 1. The molecule has 1 unspecified atom stereocenters. The zero-order valence-electron chi connectivity index (χ0n) is 16.7. The lowest BCUT2D eigenvalue weighted by molar-refractivity contribution is 0.130. The second-order valence-corrected chi connectivity index (χ2v) is 11.3. The molecule has 9 heteroatoms. The van der Waals surface area contributed by atoms with Gasteiger partial charge in [-0.25, -0.2) is 13.4 Å². The monoisotopic (exact) mass is 457 g/mol. The van der Waals surface area contributed by atoms with Crippen molar-refractivity contribution in [1.29, 1.82) is 0 Å². The van der Waals surface area contributed by atoms with E-state index in [1.807, 2.05) is 6.07 Å². The highest BCUT2D eigenvalue weighted by molar-refractivity contribution is 7.89. The molecule has 29 heavy (non-hydrogen) atoms. The molecule has 1 aromatic carbocycles. The number of aromatic nitrogens is 1. The molecule has 1 aliphatic carbocycles. The van der Waals surface area contributed by atoms with Crippen molar-refractivity contribution in [1.82, 2.24) is 9.29 Å². The summed E-state index contributed by atoms with van der Waals surface area (Å²) in [6, 6.07) is 6.84. The van der Waals surface area contributed by atoms with Crippen molar-refractivity contribution in [3.05, 3.63) is 39.8 Å². The van der Waals surface area contributed by atoms with E-state index in [1.165, 1.54) is 15.6 Å². The number of benzene rings is 1. The Labute approximate surface area is 182 Å². The van der Waals surface area contributed by atoms with Crippen LogP contribution < -0.4 is 5.32 Å². The Hall–Kier alpha value is -1.19. The lowest BCUT2D eigenvalue weighted by Gasteiger charge is -2.36. The quantitative estimate of drug-likeness (QED) is 0.615. The maximum absolute atomic E-state index is 13.6. The van der Waals surface area contributed by atoms with E-state index in [9.17, 15) is 13.5 Å². The molecule has 0 spiro atoms. The van der Waals surface area contributed by atoms with Gasteiger partial charge in [0.2, 0.25) is 10.0 Å². The third-order valence-corrected chi connectivity index (χ3v) is 8.38. The fraction of sp³-hybridized carbons (Fsp3) is 0.550.